The van der Waals surface area contributed by atoms with Gasteiger partial charge in [0.25, 0.3) is 5.91 Å². The standard InChI is InChI=1S/C23H29N3O3/c1-15-9-7-10-16(2)20(15)25-19(27)14-26(6)21(28)17-11-8-12-18(13-17)24-22(29)23(3,4)5/h7-13H,14H2,1-6H3,(H,24,29)(H,25,27). The molecular formula is C23H29N3O3. The van der Waals surface area contributed by atoms with Gasteiger partial charge in [-0.2, -0.15) is 0 Å². The van der Waals surface area contributed by atoms with Gasteiger partial charge in [0.1, 0.15) is 0 Å². The first-order valence-electron chi connectivity index (χ1n) is 9.52. The minimum Gasteiger partial charge on any atom is -0.332 e. The minimum absolute atomic E-state index is 0.0782. The maximum absolute atomic E-state index is 12.7. The van der Waals surface area contributed by atoms with E-state index < -0.39 is 5.41 Å². The Morgan fingerprint density at radius 3 is 2.10 bits per heavy atom. The van der Waals surface area contributed by atoms with Crippen molar-refractivity contribution in [3.8, 4) is 0 Å². The van der Waals surface area contributed by atoms with Crippen LogP contribution in [0.15, 0.2) is 42.5 Å². The Balaban J connectivity index is 2.05. The number of carbonyl (C=O) groups excluding carboxylic acids is 3. The third kappa shape index (κ3) is 5.91. The van der Waals surface area contributed by atoms with Crippen LogP contribution in [0.4, 0.5) is 11.4 Å². The van der Waals surface area contributed by atoms with E-state index in [1.165, 1.54) is 4.90 Å². The van der Waals surface area contributed by atoms with Crippen LogP contribution in [-0.2, 0) is 9.59 Å². The molecular weight excluding hydrogens is 366 g/mol. The van der Waals surface area contributed by atoms with E-state index in [4.69, 9.17) is 0 Å². The van der Waals surface area contributed by atoms with Crippen molar-refractivity contribution in [3.05, 3.63) is 59.2 Å². The third-order valence-electron chi connectivity index (χ3n) is 4.52. The number of amides is 3. The number of nitrogens with one attached hydrogen (secondary N) is 2. The number of anilines is 2. The van der Waals surface area contributed by atoms with Crippen LogP contribution in [0, 0.1) is 19.3 Å². The number of benzene rings is 2. The van der Waals surface area contributed by atoms with E-state index in [2.05, 4.69) is 10.6 Å². The molecule has 154 valence electrons. The summed E-state index contributed by atoms with van der Waals surface area (Å²) in [5.74, 6) is -0.701. The first kappa shape index (κ1) is 22.1. The van der Waals surface area contributed by atoms with Gasteiger partial charge in [0.15, 0.2) is 0 Å². The smallest absolute Gasteiger partial charge is 0.254 e. The highest BCUT2D eigenvalue weighted by atomic mass is 16.2. The number of nitrogens with zero attached hydrogens (tertiary/aromatic N) is 1. The summed E-state index contributed by atoms with van der Waals surface area (Å²) in [4.78, 5) is 38.7. The molecule has 0 bridgehead atoms. The summed E-state index contributed by atoms with van der Waals surface area (Å²) in [7, 11) is 1.58. The maximum Gasteiger partial charge on any atom is 0.254 e. The molecule has 0 radical (unpaired) electrons. The van der Waals surface area contributed by atoms with Gasteiger partial charge in [-0.15, -0.1) is 0 Å². The highest BCUT2D eigenvalue weighted by Crippen LogP contribution is 2.20. The fraction of sp³-hybridized carbons (Fsp3) is 0.348. The van der Waals surface area contributed by atoms with E-state index in [-0.39, 0.29) is 24.3 Å². The molecule has 29 heavy (non-hydrogen) atoms. The Labute approximate surface area is 172 Å². The van der Waals surface area contributed by atoms with Crippen LogP contribution in [-0.4, -0.2) is 36.2 Å². The van der Waals surface area contributed by atoms with Crippen LogP contribution < -0.4 is 10.6 Å². The van der Waals surface area contributed by atoms with Gasteiger partial charge in [0.2, 0.25) is 11.8 Å². The van der Waals surface area contributed by atoms with Crippen molar-refractivity contribution in [3.63, 3.8) is 0 Å². The number of hydrogen-bond acceptors (Lipinski definition) is 3. The quantitative estimate of drug-likeness (QED) is 0.803. The van der Waals surface area contributed by atoms with Crippen LogP contribution in [0.1, 0.15) is 42.3 Å². The van der Waals surface area contributed by atoms with Gasteiger partial charge >= 0.3 is 0 Å². The van der Waals surface area contributed by atoms with E-state index in [0.29, 0.717) is 11.3 Å². The predicted octanol–water partition coefficient (Wildman–Crippen LogP) is 4.00. The highest BCUT2D eigenvalue weighted by molar-refractivity contribution is 6.01. The Morgan fingerprint density at radius 2 is 1.52 bits per heavy atom. The van der Waals surface area contributed by atoms with Crippen molar-refractivity contribution < 1.29 is 14.4 Å². The van der Waals surface area contributed by atoms with Gasteiger partial charge in [-0.05, 0) is 43.2 Å². The predicted molar refractivity (Wildman–Crippen MR) is 116 cm³/mol. The van der Waals surface area contributed by atoms with E-state index in [0.717, 1.165) is 16.8 Å². The molecule has 0 heterocycles. The number of rotatable bonds is 5. The second-order valence-electron chi connectivity index (χ2n) is 8.26. The summed E-state index contributed by atoms with van der Waals surface area (Å²) < 4.78 is 0. The fourth-order valence-corrected chi connectivity index (χ4v) is 2.75. The van der Waals surface area contributed by atoms with Crippen LogP contribution in [0.5, 0.6) is 0 Å². The molecule has 0 atom stereocenters. The zero-order valence-corrected chi connectivity index (χ0v) is 17.9. The van der Waals surface area contributed by atoms with Gasteiger partial charge in [0, 0.05) is 29.4 Å². The van der Waals surface area contributed by atoms with Gasteiger partial charge in [-0.3, -0.25) is 14.4 Å². The Morgan fingerprint density at radius 1 is 0.931 bits per heavy atom. The summed E-state index contributed by atoms with van der Waals surface area (Å²) in [5.41, 5.74) is 3.11. The maximum atomic E-state index is 12.7. The average Bonchev–Trinajstić information content (AvgIpc) is 2.63. The molecule has 0 saturated heterocycles. The minimum atomic E-state index is -0.539. The molecule has 0 fully saturated rings. The molecule has 2 aromatic carbocycles. The lowest BCUT2D eigenvalue weighted by molar-refractivity contribution is -0.123. The molecule has 2 aromatic rings. The SMILES string of the molecule is Cc1cccc(C)c1NC(=O)CN(C)C(=O)c1cccc(NC(=O)C(C)(C)C)c1. The number of aryl methyl sites for hydroxylation is 2. The second-order valence-corrected chi connectivity index (χ2v) is 8.26. The Bertz CT molecular complexity index is 909. The van der Waals surface area contributed by atoms with E-state index in [9.17, 15) is 14.4 Å². The first-order chi connectivity index (χ1) is 13.5. The fourth-order valence-electron chi connectivity index (χ4n) is 2.75. The lowest BCUT2D eigenvalue weighted by Gasteiger charge is -2.20. The van der Waals surface area contributed by atoms with Crippen molar-refractivity contribution >= 4 is 29.1 Å². The van der Waals surface area contributed by atoms with E-state index in [1.807, 2.05) is 52.8 Å². The van der Waals surface area contributed by atoms with Gasteiger partial charge in [-0.25, -0.2) is 0 Å². The molecule has 0 aromatic heterocycles. The zero-order chi connectivity index (χ0) is 21.8. The van der Waals surface area contributed by atoms with Gasteiger partial charge in [-0.1, -0.05) is 45.0 Å². The van der Waals surface area contributed by atoms with Crippen molar-refractivity contribution in [2.75, 3.05) is 24.2 Å². The molecule has 2 N–H and O–H groups in total. The highest BCUT2D eigenvalue weighted by Gasteiger charge is 2.22. The molecule has 2 rings (SSSR count). The molecule has 0 aliphatic carbocycles. The lowest BCUT2D eigenvalue weighted by Crippen LogP contribution is -2.35. The van der Waals surface area contributed by atoms with Gasteiger partial charge in [0.05, 0.1) is 6.54 Å². The van der Waals surface area contributed by atoms with Crippen molar-refractivity contribution in [2.45, 2.75) is 34.6 Å². The third-order valence-corrected chi connectivity index (χ3v) is 4.52. The van der Waals surface area contributed by atoms with Crippen molar-refractivity contribution in [1.29, 1.82) is 0 Å². The zero-order valence-electron chi connectivity index (χ0n) is 17.9. The van der Waals surface area contributed by atoms with Crippen molar-refractivity contribution in [1.82, 2.24) is 4.90 Å². The molecule has 3 amide bonds. The Kier molecular flexibility index (Phi) is 6.80. The average molecular weight is 396 g/mol. The molecule has 0 saturated carbocycles. The molecule has 6 heteroatoms. The Hall–Kier alpha value is -3.15. The molecule has 0 unspecified atom stereocenters. The monoisotopic (exact) mass is 395 g/mol. The van der Waals surface area contributed by atoms with E-state index in [1.54, 1.807) is 31.3 Å². The summed E-state index contributed by atoms with van der Waals surface area (Å²) in [6.07, 6.45) is 0. The van der Waals surface area contributed by atoms with E-state index >= 15 is 0 Å². The van der Waals surface area contributed by atoms with Gasteiger partial charge < -0.3 is 15.5 Å². The van der Waals surface area contributed by atoms with Crippen LogP contribution in [0.3, 0.4) is 0 Å². The summed E-state index contributed by atoms with van der Waals surface area (Å²) in [6.45, 7) is 9.23. The van der Waals surface area contributed by atoms with Crippen LogP contribution in [0.25, 0.3) is 0 Å². The largest absolute Gasteiger partial charge is 0.332 e. The summed E-state index contributed by atoms with van der Waals surface area (Å²) >= 11 is 0. The van der Waals surface area contributed by atoms with Crippen LogP contribution in [0.2, 0.25) is 0 Å². The number of para-hydroxylation sites is 1. The lowest BCUT2D eigenvalue weighted by atomic mass is 9.95. The molecule has 0 aliphatic heterocycles. The number of likely N-dealkylation sites (N-methyl/N-ethyl adjacent to an activating group) is 1. The molecule has 0 spiro atoms. The second kappa shape index (κ2) is 8.90. The van der Waals surface area contributed by atoms with Crippen molar-refractivity contribution in [2.24, 2.45) is 5.41 Å². The molecule has 0 aliphatic rings. The first-order valence-corrected chi connectivity index (χ1v) is 9.52. The van der Waals surface area contributed by atoms with Crippen LogP contribution >= 0.6 is 0 Å². The summed E-state index contributed by atoms with van der Waals surface area (Å²) in [5, 5.41) is 5.69. The molecule has 6 nitrogen and oxygen atoms in total. The normalized spacial score (nSPS) is 11.0. The number of hydrogen-bond donors (Lipinski definition) is 2. The number of carbonyl (C=O) groups is 3. The topological polar surface area (TPSA) is 78.5 Å². The summed E-state index contributed by atoms with van der Waals surface area (Å²) in [6, 6.07) is 12.5.